The van der Waals surface area contributed by atoms with Crippen molar-refractivity contribution in [1.82, 2.24) is 4.90 Å². The maximum Gasteiger partial charge on any atom is 0.219 e. The van der Waals surface area contributed by atoms with Crippen LogP contribution in [0.3, 0.4) is 0 Å². The number of carbonyl (C=O) groups excluding carboxylic acids is 1. The fourth-order valence-corrected chi connectivity index (χ4v) is 4.78. The van der Waals surface area contributed by atoms with E-state index in [2.05, 4.69) is 34.5 Å². The number of para-hydroxylation sites is 1. The molecule has 100 valence electrons. The molecule has 2 aliphatic heterocycles. The van der Waals surface area contributed by atoms with Crippen LogP contribution in [0.15, 0.2) is 24.3 Å². The summed E-state index contributed by atoms with van der Waals surface area (Å²) in [5.41, 5.74) is 2.93. The van der Waals surface area contributed by atoms with Gasteiger partial charge in [-0.2, -0.15) is 0 Å². The van der Waals surface area contributed by atoms with Crippen LogP contribution in [-0.4, -0.2) is 29.4 Å². The van der Waals surface area contributed by atoms with E-state index in [0.29, 0.717) is 12.1 Å². The monoisotopic (exact) mass is 256 g/mol. The molecule has 2 heterocycles. The van der Waals surface area contributed by atoms with E-state index in [-0.39, 0.29) is 11.3 Å². The summed E-state index contributed by atoms with van der Waals surface area (Å²) in [6, 6.07) is 9.62. The van der Waals surface area contributed by atoms with Gasteiger partial charge in [0.1, 0.15) is 0 Å². The van der Waals surface area contributed by atoms with Crippen LogP contribution in [-0.2, 0) is 10.2 Å². The summed E-state index contributed by atoms with van der Waals surface area (Å²) in [5, 5.41) is 3.72. The lowest BCUT2D eigenvalue weighted by atomic mass is 9.65. The molecule has 1 aliphatic carbocycles. The normalized spacial score (nSPS) is 35.3. The minimum Gasteiger partial charge on any atom is -0.381 e. The summed E-state index contributed by atoms with van der Waals surface area (Å²) in [5.74, 6) is 0.243. The van der Waals surface area contributed by atoms with Gasteiger partial charge in [-0.15, -0.1) is 0 Å². The molecule has 2 fully saturated rings. The highest BCUT2D eigenvalue weighted by Gasteiger charge is 2.58. The lowest BCUT2D eigenvalue weighted by molar-refractivity contribution is -0.130. The van der Waals surface area contributed by atoms with Crippen LogP contribution in [0.4, 0.5) is 5.69 Å². The molecule has 1 saturated heterocycles. The molecule has 1 N–H and O–H groups in total. The Morgan fingerprint density at radius 1 is 1.37 bits per heavy atom. The van der Waals surface area contributed by atoms with Crippen LogP contribution in [0.5, 0.6) is 0 Å². The van der Waals surface area contributed by atoms with Gasteiger partial charge in [0.05, 0.1) is 0 Å². The van der Waals surface area contributed by atoms with E-state index in [1.165, 1.54) is 24.1 Å². The van der Waals surface area contributed by atoms with Gasteiger partial charge in [-0.3, -0.25) is 4.79 Å². The smallest absolute Gasteiger partial charge is 0.219 e. The highest BCUT2D eigenvalue weighted by atomic mass is 16.2. The average Bonchev–Trinajstić information content (AvgIpc) is 2.95. The SMILES string of the molecule is CC(=O)N1CC[C@@]23c4ccccc4N[C@@H]2CCC[C@@H]13. The number of carbonyl (C=O) groups is 1. The molecule has 1 amide bonds. The van der Waals surface area contributed by atoms with Crippen LogP contribution < -0.4 is 5.32 Å². The number of fused-ring (bicyclic) bond motifs is 1. The molecule has 3 atom stereocenters. The topological polar surface area (TPSA) is 32.3 Å². The van der Waals surface area contributed by atoms with E-state index < -0.39 is 0 Å². The van der Waals surface area contributed by atoms with Crippen molar-refractivity contribution in [3.63, 3.8) is 0 Å². The predicted molar refractivity (Wildman–Crippen MR) is 75.2 cm³/mol. The van der Waals surface area contributed by atoms with Gasteiger partial charge in [-0.25, -0.2) is 0 Å². The molecule has 0 radical (unpaired) electrons. The van der Waals surface area contributed by atoms with Crippen LogP contribution >= 0.6 is 0 Å². The molecular formula is C16H20N2O. The molecule has 19 heavy (non-hydrogen) atoms. The van der Waals surface area contributed by atoms with Crippen molar-refractivity contribution in [2.75, 3.05) is 11.9 Å². The van der Waals surface area contributed by atoms with Gasteiger partial charge in [0.25, 0.3) is 0 Å². The number of hydrogen-bond acceptors (Lipinski definition) is 2. The number of nitrogens with one attached hydrogen (secondary N) is 1. The predicted octanol–water partition coefficient (Wildman–Crippen LogP) is 2.52. The third-order valence-electron chi connectivity index (χ3n) is 5.49. The highest BCUT2D eigenvalue weighted by molar-refractivity contribution is 5.75. The summed E-state index contributed by atoms with van der Waals surface area (Å²) < 4.78 is 0. The van der Waals surface area contributed by atoms with E-state index in [1.807, 2.05) is 0 Å². The van der Waals surface area contributed by atoms with Crippen molar-refractivity contribution >= 4 is 11.6 Å². The van der Waals surface area contributed by atoms with Gasteiger partial charge in [-0.1, -0.05) is 18.2 Å². The molecule has 0 unspecified atom stereocenters. The van der Waals surface area contributed by atoms with Crippen molar-refractivity contribution < 1.29 is 4.79 Å². The number of amides is 1. The third-order valence-corrected chi connectivity index (χ3v) is 5.49. The maximum absolute atomic E-state index is 11.9. The van der Waals surface area contributed by atoms with Gasteiger partial charge in [0, 0.05) is 36.7 Å². The first kappa shape index (κ1) is 11.3. The zero-order valence-electron chi connectivity index (χ0n) is 11.4. The van der Waals surface area contributed by atoms with Gasteiger partial charge >= 0.3 is 0 Å². The first-order valence-electron chi connectivity index (χ1n) is 7.37. The second-order valence-corrected chi connectivity index (χ2v) is 6.19. The Kier molecular flexibility index (Phi) is 2.23. The number of hydrogen-bond donors (Lipinski definition) is 1. The summed E-state index contributed by atoms with van der Waals surface area (Å²) >= 11 is 0. The Labute approximate surface area is 114 Å². The Bertz CT molecular complexity index is 541. The van der Waals surface area contributed by atoms with Gasteiger partial charge < -0.3 is 10.2 Å². The van der Waals surface area contributed by atoms with Crippen molar-refractivity contribution in [2.45, 2.75) is 50.1 Å². The number of likely N-dealkylation sites (tertiary alicyclic amines) is 1. The Morgan fingerprint density at radius 2 is 2.21 bits per heavy atom. The second kappa shape index (κ2) is 3.75. The molecule has 3 heteroatoms. The van der Waals surface area contributed by atoms with Gasteiger partial charge in [0.15, 0.2) is 0 Å². The van der Waals surface area contributed by atoms with E-state index in [1.54, 1.807) is 6.92 Å². The van der Waals surface area contributed by atoms with Crippen LogP contribution in [0.2, 0.25) is 0 Å². The summed E-state index contributed by atoms with van der Waals surface area (Å²) in [6.07, 6.45) is 4.73. The Hall–Kier alpha value is -1.51. The molecule has 0 bridgehead atoms. The lowest BCUT2D eigenvalue weighted by Gasteiger charge is -2.43. The highest BCUT2D eigenvalue weighted by Crippen LogP contribution is 2.55. The standard InChI is InChI=1S/C16H20N2O/c1-11(19)18-10-9-16-12-5-2-3-6-13(12)17-14(16)7-4-8-15(16)18/h2-3,5-6,14-15,17H,4,7-10H2,1H3/t14-,15-,16-/m1/s1. The van der Waals surface area contributed by atoms with Gasteiger partial charge in [0.2, 0.25) is 5.91 Å². The Morgan fingerprint density at radius 3 is 3.05 bits per heavy atom. The summed E-state index contributed by atoms with van der Waals surface area (Å²) in [6.45, 7) is 2.64. The van der Waals surface area contributed by atoms with Crippen LogP contribution in [0.1, 0.15) is 38.2 Å². The van der Waals surface area contributed by atoms with Crippen molar-refractivity contribution in [3.8, 4) is 0 Å². The number of nitrogens with zero attached hydrogens (tertiary/aromatic N) is 1. The largest absolute Gasteiger partial charge is 0.381 e. The zero-order valence-corrected chi connectivity index (χ0v) is 11.4. The minimum atomic E-state index is 0.181. The maximum atomic E-state index is 11.9. The van der Waals surface area contributed by atoms with Crippen LogP contribution in [0, 0.1) is 0 Å². The molecule has 0 aromatic heterocycles. The van der Waals surface area contributed by atoms with E-state index in [0.717, 1.165) is 19.4 Å². The van der Waals surface area contributed by atoms with E-state index >= 15 is 0 Å². The van der Waals surface area contributed by atoms with Crippen molar-refractivity contribution in [3.05, 3.63) is 29.8 Å². The number of rotatable bonds is 0. The molecule has 3 aliphatic rings. The van der Waals surface area contributed by atoms with E-state index in [9.17, 15) is 4.79 Å². The quantitative estimate of drug-likeness (QED) is 0.773. The van der Waals surface area contributed by atoms with E-state index in [4.69, 9.17) is 0 Å². The molecule has 1 spiro atoms. The van der Waals surface area contributed by atoms with Crippen LogP contribution in [0.25, 0.3) is 0 Å². The molecular weight excluding hydrogens is 236 g/mol. The number of anilines is 1. The zero-order chi connectivity index (χ0) is 13.0. The fraction of sp³-hybridized carbons (Fsp3) is 0.562. The Balaban J connectivity index is 1.86. The average molecular weight is 256 g/mol. The molecule has 1 aromatic rings. The molecule has 1 saturated carbocycles. The molecule has 1 aromatic carbocycles. The second-order valence-electron chi connectivity index (χ2n) is 6.19. The number of benzene rings is 1. The third kappa shape index (κ3) is 1.31. The van der Waals surface area contributed by atoms with Crippen molar-refractivity contribution in [2.24, 2.45) is 0 Å². The van der Waals surface area contributed by atoms with Gasteiger partial charge in [-0.05, 0) is 37.3 Å². The first-order valence-corrected chi connectivity index (χ1v) is 7.37. The summed E-state index contributed by atoms with van der Waals surface area (Å²) in [7, 11) is 0. The minimum absolute atomic E-state index is 0.181. The lowest BCUT2D eigenvalue weighted by Crippen LogP contribution is -2.53. The first-order chi connectivity index (χ1) is 9.23. The summed E-state index contributed by atoms with van der Waals surface area (Å²) in [4.78, 5) is 14.0. The molecule has 4 rings (SSSR count). The van der Waals surface area contributed by atoms with Crippen molar-refractivity contribution in [1.29, 1.82) is 0 Å². The fourth-order valence-electron chi connectivity index (χ4n) is 4.78. The molecule has 3 nitrogen and oxygen atoms in total.